The molecule has 0 unspecified atom stereocenters. The molecular formula is C21H19NO2S. The van der Waals surface area contributed by atoms with Crippen LogP contribution in [0.1, 0.15) is 17.3 Å². The second kappa shape index (κ2) is 8.40. The Kier molecular flexibility index (Phi) is 5.75. The Balaban J connectivity index is 1.78. The highest BCUT2D eigenvalue weighted by Gasteiger charge is 2.10. The lowest BCUT2D eigenvalue weighted by molar-refractivity contribution is 0.102. The number of carbonyl (C=O) groups excluding carboxylic acids is 1. The molecule has 0 heterocycles. The summed E-state index contributed by atoms with van der Waals surface area (Å²) in [5.74, 6) is 0.546. The van der Waals surface area contributed by atoms with Gasteiger partial charge in [0.1, 0.15) is 5.75 Å². The molecule has 0 radical (unpaired) electrons. The van der Waals surface area contributed by atoms with Gasteiger partial charge in [0, 0.05) is 15.4 Å². The minimum Gasteiger partial charge on any atom is -0.494 e. The molecule has 0 aliphatic carbocycles. The van der Waals surface area contributed by atoms with Gasteiger partial charge in [0.2, 0.25) is 0 Å². The van der Waals surface area contributed by atoms with Gasteiger partial charge in [-0.2, -0.15) is 0 Å². The van der Waals surface area contributed by atoms with Crippen LogP contribution in [0.3, 0.4) is 0 Å². The van der Waals surface area contributed by atoms with Gasteiger partial charge in [-0.1, -0.05) is 48.2 Å². The van der Waals surface area contributed by atoms with Gasteiger partial charge in [0.15, 0.2) is 0 Å². The standard InChI is InChI=1S/C21H19NO2S/c1-2-24-17-10-8-9-16(15-17)21(23)22-19-13-6-7-14-20(19)25-18-11-4-3-5-12-18/h3-15H,2H2,1H3,(H,22,23). The summed E-state index contributed by atoms with van der Waals surface area (Å²) in [6, 6.07) is 25.1. The zero-order valence-corrected chi connectivity index (χ0v) is 14.8. The summed E-state index contributed by atoms with van der Waals surface area (Å²) >= 11 is 1.62. The zero-order chi connectivity index (χ0) is 17.5. The number of benzene rings is 3. The normalized spacial score (nSPS) is 10.3. The minimum absolute atomic E-state index is 0.150. The van der Waals surface area contributed by atoms with Crippen molar-refractivity contribution in [2.24, 2.45) is 0 Å². The molecule has 0 bridgehead atoms. The van der Waals surface area contributed by atoms with E-state index in [0.717, 1.165) is 15.5 Å². The summed E-state index contributed by atoms with van der Waals surface area (Å²) in [6.07, 6.45) is 0. The van der Waals surface area contributed by atoms with Crippen molar-refractivity contribution in [2.45, 2.75) is 16.7 Å². The molecule has 25 heavy (non-hydrogen) atoms. The lowest BCUT2D eigenvalue weighted by Crippen LogP contribution is -2.12. The maximum absolute atomic E-state index is 12.6. The van der Waals surface area contributed by atoms with E-state index in [1.807, 2.05) is 61.5 Å². The molecule has 3 rings (SSSR count). The number of ether oxygens (including phenoxy) is 1. The largest absolute Gasteiger partial charge is 0.494 e. The van der Waals surface area contributed by atoms with Crippen LogP contribution in [0.4, 0.5) is 5.69 Å². The number of anilines is 1. The van der Waals surface area contributed by atoms with Crippen molar-refractivity contribution in [3.63, 3.8) is 0 Å². The predicted octanol–water partition coefficient (Wildman–Crippen LogP) is 5.49. The van der Waals surface area contributed by atoms with Crippen LogP contribution < -0.4 is 10.1 Å². The van der Waals surface area contributed by atoms with Gasteiger partial charge in [0.25, 0.3) is 5.91 Å². The first-order chi connectivity index (χ1) is 12.3. The second-order valence-electron chi connectivity index (χ2n) is 5.33. The van der Waals surface area contributed by atoms with Crippen LogP contribution in [-0.2, 0) is 0 Å². The van der Waals surface area contributed by atoms with E-state index in [0.29, 0.717) is 17.9 Å². The summed E-state index contributed by atoms with van der Waals surface area (Å²) < 4.78 is 5.47. The topological polar surface area (TPSA) is 38.3 Å². The predicted molar refractivity (Wildman–Crippen MR) is 103 cm³/mol. The molecule has 0 aliphatic rings. The minimum atomic E-state index is -0.150. The quantitative estimate of drug-likeness (QED) is 0.639. The molecule has 0 saturated carbocycles. The molecule has 3 aromatic carbocycles. The summed E-state index contributed by atoms with van der Waals surface area (Å²) in [6.45, 7) is 2.49. The lowest BCUT2D eigenvalue weighted by atomic mass is 10.2. The summed E-state index contributed by atoms with van der Waals surface area (Å²) in [4.78, 5) is 14.7. The average molecular weight is 349 g/mol. The van der Waals surface area contributed by atoms with Gasteiger partial charge in [-0.25, -0.2) is 0 Å². The molecule has 0 fully saturated rings. The van der Waals surface area contributed by atoms with E-state index in [1.54, 1.807) is 23.9 Å². The van der Waals surface area contributed by atoms with E-state index < -0.39 is 0 Å². The Morgan fingerprint density at radius 3 is 2.52 bits per heavy atom. The van der Waals surface area contributed by atoms with Crippen LogP contribution in [0.25, 0.3) is 0 Å². The van der Waals surface area contributed by atoms with Crippen molar-refractivity contribution in [3.05, 3.63) is 84.4 Å². The van der Waals surface area contributed by atoms with Crippen molar-refractivity contribution in [1.29, 1.82) is 0 Å². The monoisotopic (exact) mass is 349 g/mol. The third-order valence-corrected chi connectivity index (χ3v) is 4.60. The summed E-state index contributed by atoms with van der Waals surface area (Å²) in [5, 5.41) is 3.00. The number of rotatable bonds is 6. The molecule has 1 N–H and O–H groups in total. The van der Waals surface area contributed by atoms with Crippen molar-refractivity contribution in [3.8, 4) is 5.75 Å². The Labute approximate surface area is 152 Å². The molecule has 0 aliphatic heterocycles. The van der Waals surface area contributed by atoms with E-state index in [-0.39, 0.29) is 5.91 Å². The van der Waals surface area contributed by atoms with E-state index >= 15 is 0 Å². The van der Waals surface area contributed by atoms with Crippen LogP contribution in [0, 0.1) is 0 Å². The molecule has 3 aromatic rings. The molecule has 0 saturated heterocycles. The van der Waals surface area contributed by atoms with Gasteiger partial charge >= 0.3 is 0 Å². The van der Waals surface area contributed by atoms with Crippen molar-refractivity contribution in [1.82, 2.24) is 0 Å². The van der Waals surface area contributed by atoms with Gasteiger partial charge in [-0.05, 0) is 49.4 Å². The van der Waals surface area contributed by atoms with Gasteiger partial charge in [0.05, 0.1) is 12.3 Å². The van der Waals surface area contributed by atoms with Crippen molar-refractivity contribution in [2.75, 3.05) is 11.9 Å². The SMILES string of the molecule is CCOc1cccc(C(=O)Nc2ccccc2Sc2ccccc2)c1. The van der Waals surface area contributed by atoms with E-state index in [4.69, 9.17) is 4.74 Å². The Morgan fingerprint density at radius 1 is 0.960 bits per heavy atom. The first kappa shape index (κ1) is 17.1. The Morgan fingerprint density at radius 2 is 1.72 bits per heavy atom. The highest BCUT2D eigenvalue weighted by Crippen LogP contribution is 2.33. The number of hydrogen-bond acceptors (Lipinski definition) is 3. The third kappa shape index (κ3) is 4.64. The molecule has 3 nitrogen and oxygen atoms in total. The van der Waals surface area contributed by atoms with Crippen LogP contribution in [0.2, 0.25) is 0 Å². The fourth-order valence-corrected chi connectivity index (χ4v) is 3.29. The van der Waals surface area contributed by atoms with Crippen LogP contribution in [0.5, 0.6) is 5.75 Å². The number of nitrogens with one attached hydrogen (secondary N) is 1. The lowest BCUT2D eigenvalue weighted by Gasteiger charge is -2.11. The molecule has 4 heteroatoms. The van der Waals surface area contributed by atoms with Crippen molar-refractivity contribution >= 4 is 23.4 Å². The van der Waals surface area contributed by atoms with E-state index in [1.165, 1.54) is 0 Å². The van der Waals surface area contributed by atoms with Gasteiger partial charge in [-0.3, -0.25) is 4.79 Å². The fraction of sp³-hybridized carbons (Fsp3) is 0.0952. The number of para-hydroxylation sites is 1. The highest BCUT2D eigenvalue weighted by atomic mass is 32.2. The smallest absolute Gasteiger partial charge is 0.255 e. The molecule has 1 amide bonds. The summed E-state index contributed by atoms with van der Waals surface area (Å²) in [7, 11) is 0. The maximum Gasteiger partial charge on any atom is 0.255 e. The molecule has 0 spiro atoms. The molecule has 126 valence electrons. The van der Waals surface area contributed by atoms with Crippen LogP contribution in [0.15, 0.2) is 88.7 Å². The van der Waals surface area contributed by atoms with Gasteiger partial charge < -0.3 is 10.1 Å². The van der Waals surface area contributed by atoms with Crippen LogP contribution in [-0.4, -0.2) is 12.5 Å². The number of amides is 1. The maximum atomic E-state index is 12.6. The molecule has 0 atom stereocenters. The van der Waals surface area contributed by atoms with Gasteiger partial charge in [-0.15, -0.1) is 0 Å². The zero-order valence-electron chi connectivity index (χ0n) is 13.9. The Hall–Kier alpha value is -2.72. The number of carbonyl (C=O) groups is 1. The first-order valence-corrected chi connectivity index (χ1v) is 8.94. The second-order valence-corrected chi connectivity index (χ2v) is 6.44. The average Bonchev–Trinajstić information content (AvgIpc) is 2.65. The Bertz CT molecular complexity index is 849. The molecular weight excluding hydrogens is 330 g/mol. The van der Waals surface area contributed by atoms with Crippen molar-refractivity contribution < 1.29 is 9.53 Å². The van der Waals surface area contributed by atoms with E-state index in [2.05, 4.69) is 17.4 Å². The highest BCUT2D eigenvalue weighted by molar-refractivity contribution is 7.99. The number of hydrogen-bond donors (Lipinski definition) is 1. The summed E-state index contributed by atoms with van der Waals surface area (Å²) in [5.41, 5.74) is 1.37. The van der Waals surface area contributed by atoms with Crippen LogP contribution >= 0.6 is 11.8 Å². The third-order valence-electron chi connectivity index (χ3n) is 3.51. The fourth-order valence-electron chi connectivity index (χ4n) is 2.36. The van der Waals surface area contributed by atoms with E-state index in [9.17, 15) is 4.79 Å². The first-order valence-electron chi connectivity index (χ1n) is 8.12. The molecule has 0 aromatic heterocycles.